The van der Waals surface area contributed by atoms with Gasteiger partial charge in [-0.3, -0.25) is 4.79 Å². The van der Waals surface area contributed by atoms with Crippen molar-refractivity contribution in [3.63, 3.8) is 0 Å². The summed E-state index contributed by atoms with van der Waals surface area (Å²) in [7, 11) is 1.36. The van der Waals surface area contributed by atoms with E-state index in [0.717, 1.165) is 11.3 Å². The Morgan fingerprint density at radius 1 is 1.10 bits per heavy atom. The molecule has 0 atom stereocenters. The smallest absolute Gasteiger partial charge is 0.310 e. The summed E-state index contributed by atoms with van der Waals surface area (Å²) in [5.74, 6) is -0.546. The van der Waals surface area contributed by atoms with Crippen molar-refractivity contribution in [3.05, 3.63) is 65.5 Å². The molecule has 2 aromatic carbocycles. The van der Waals surface area contributed by atoms with Crippen molar-refractivity contribution in [2.45, 2.75) is 13.0 Å². The van der Waals surface area contributed by atoms with Gasteiger partial charge in [-0.15, -0.1) is 0 Å². The van der Waals surface area contributed by atoms with Gasteiger partial charge in [0.25, 0.3) is 0 Å². The molecule has 20 heavy (non-hydrogen) atoms. The van der Waals surface area contributed by atoms with E-state index in [2.05, 4.69) is 10.1 Å². The van der Waals surface area contributed by atoms with Crippen LogP contribution in [0.25, 0.3) is 0 Å². The molecule has 0 radical (unpaired) electrons. The molecule has 1 N–H and O–H groups in total. The molecule has 3 nitrogen and oxygen atoms in total. The van der Waals surface area contributed by atoms with E-state index in [0.29, 0.717) is 12.1 Å². The average molecular weight is 273 g/mol. The zero-order valence-electron chi connectivity index (χ0n) is 11.2. The topological polar surface area (TPSA) is 38.3 Å². The van der Waals surface area contributed by atoms with E-state index >= 15 is 0 Å². The van der Waals surface area contributed by atoms with E-state index < -0.39 is 0 Å². The van der Waals surface area contributed by atoms with Crippen LogP contribution in [0.1, 0.15) is 11.1 Å². The van der Waals surface area contributed by atoms with Gasteiger partial charge in [-0.1, -0.05) is 36.4 Å². The van der Waals surface area contributed by atoms with Gasteiger partial charge in [-0.25, -0.2) is 4.39 Å². The number of halogens is 1. The fraction of sp³-hybridized carbons (Fsp3) is 0.188. The Balaban J connectivity index is 2.10. The van der Waals surface area contributed by atoms with E-state index in [4.69, 9.17) is 0 Å². The highest BCUT2D eigenvalue weighted by Crippen LogP contribution is 2.18. The van der Waals surface area contributed by atoms with Crippen LogP contribution in [0.4, 0.5) is 10.1 Å². The summed E-state index contributed by atoms with van der Waals surface area (Å²) in [6, 6.07) is 14.0. The highest BCUT2D eigenvalue weighted by molar-refractivity contribution is 5.75. The Hall–Kier alpha value is -2.36. The van der Waals surface area contributed by atoms with Crippen LogP contribution in [0, 0.1) is 5.82 Å². The van der Waals surface area contributed by atoms with Gasteiger partial charge in [0.2, 0.25) is 0 Å². The zero-order chi connectivity index (χ0) is 14.4. The Bertz CT molecular complexity index is 599. The third-order valence-electron chi connectivity index (χ3n) is 3.01. The number of hydrogen-bond acceptors (Lipinski definition) is 3. The van der Waals surface area contributed by atoms with Crippen molar-refractivity contribution in [3.8, 4) is 0 Å². The molecule has 2 rings (SSSR count). The molecule has 0 heterocycles. The van der Waals surface area contributed by atoms with Crippen molar-refractivity contribution >= 4 is 11.7 Å². The maximum atomic E-state index is 13.5. The van der Waals surface area contributed by atoms with Crippen molar-refractivity contribution < 1.29 is 13.9 Å². The fourth-order valence-corrected chi connectivity index (χ4v) is 1.91. The van der Waals surface area contributed by atoms with Gasteiger partial charge in [0.05, 0.1) is 13.5 Å². The first-order valence-electron chi connectivity index (χ1n) is 6.32. The first-order chi connectivity index (χ1) is 9.70. The van der Waals surface area contributed by atoms with Crippen molar-refractivity contribution in [1.29, 1.82) is 0 Å². The Morgan fingerprint density at radius 2 is 1.75 bits per heavy atom. The van der Waals surface area contributed by atoms with Crippen LogP contribution in [0.5, 0.6) is 0 Å². The molecular weight excluding hydrogens is 257 g/mol. The van der Waals surface area contributed by atoms with Crippen LogP contribution >= 0.6 is 0 Å². The summed E-state index contributed by atoms with van der Waals surface area (Å²) < 4.78 is 18.2. The van der Waals surface area contributed by atoms with Crippen LogP contribution in [0.3, 0.4) is 0 Å². The summed E-state index contributed by atoms with van der Waals surface area (Å²) in [6.45, 7) is 0.366. The SMILES string of the molecule is COC(=O)Cc1ccccc1NCc1ccccc1F. The summed E-state index contributed by atoms with van der Waals surface area (Å²) in [5.41, 5.74) is 2.22. The van der Waals surface area contributed by atoms with Crippen molar-refractivity contribution in [2.24, 2.45) is 0 Å². The lowest BCUT2D eigenvalue weighted by atomic mass is 10.1. The minimum absolute atomic E-state index is 0.191. The molecule has 0 aliphatic rings. The first kappa shape index (κ1) is 14.1. The molecule has 2 aromatic rings. The second-order valence-corrected chi connectivity index (χ2v) is 4.36. The molecule has 0 saturated carbocycles. The van der Waals surface area contributed by atoms with Crippen molar-refractivity contribution in [2.75, 3.05) is 12.4 Å². The number of nitrogens with one attached hydrogen (secondary N) is 1. The van der Waals surface area contributed by atoms with E-state index in [-0.39, 0.29) is 18.2 Å². The largest absolute Gasteiger partial charge is 0.469 e. The molecule has 104 valence electrons. The molecular formula is C16H16FNO2. The highest BCUT2D eigenvalue weighted by atomic mass is 19.1. The lowest BCUT2D eigenvalue weighted by Gasteiger charge is -2.11. The maximum absolute atomic E-state index is 13.5. The van der Waals surface area contributed by atoms with Gasteiger partial charge in [0, 0.05) is 17.8 Å². The van der Waals surface area contributed by atoms with Gasteiger partial charge in [-0.05, 0) is 17.7 Å². The van der Waals surface area contributed by atoms with Gasteiger partial charge in [0.15, 0.2) is 0 Å². The fourth-order valence-electron chi connectivity index (χ4n) is 1.91. The Labute approximate surface area is 117 Å². The molecule has 0 unspecified atom stereocenters. The third-order valence-corrected chi connectivity index (χ3v) is 3.01. The zero-order valence-corrected chi connectivity index (χ0v) is 11.2. The predicted molar refractivity (Wildman–Crippen MR) is 75.9 cm³/mol. The summed E-state index contributed by atoms with van der Waals surface area (Å²) in [6.07, 6.45) is 0.191. The number of benzene rings is 2. The van der Waals surface area contributed by atoms with Gasteiger partial charge >= 0.3 is 5.97 Å². The van der Waals surface area contributed by atoms with E-state index in [1.165, 1.54) is 13.2 Å². The van der Waals surface area contributed by atoms with E-state index in [9.17, 15) is 9.18 Å². The van der Waals surface area contributed by atoms with Gasteiger partial charge < -0.3 is 10.1 Å². The third kappa shape index (κ3) is 3.57. The minimum atomic E-state index is -0.301. The van der Waals surface area contributed by atoms with Crippen molar-refractivity contribution in [1.82, 2.24) is 0 Å². The van der Waals surface area contributed by atoms with Crippen LogP contribution < -0.4 is 5.32 Å². The molecule has 0 amide bonds. The lowest BCUT2D eigenvalue weighted by Crippen LogP contribution is -2.09. The number of rotatable bonds is 5. The number of hydrogen-bond donors (Lipinski definition) is 1. The average Bonchev–Trinajstić information content (AvgIpc) is 2.47. The summed E-state index contributed by atoms with van der Waals surface area (Å²) >= 11 is 0. The number of para-hydroxylation sites is 1. The van der Waals surface area contributed by atoms with Crippen LogP contribution in [0.2, 0.25) is 0 Å². The molecule has 0 bridgehead atoms. The second kappa shape index (κ2) is 6.70. The van der Waals surface area contributed by atoms with Crippen LogP contribution in [-0.4, -0.2) is 13.1 Å². The number of ether oxygens (including phenoxy) is 1. The van der Waals surface area contributed by atoms with Crippen LogP contribution in [-0.2, 0) is 22.5 Å². The summed E-state index contributed by atoms with van der Waals surface area (Å²) in [4.78, 5) is 11.4. The van der Waals surface area contributed by atoms with E-state index in [1.54, 1.807) is 18.2 Å². The number of esters is 1. The Kier molecular flexibility index (Phi) is 4.71. The molecule has 0 fully saturated rings. The quantitative estimate of drug-likeness (QED) is 0.850. The molecule has 0 aliphatic heterocycles. The van der Waals surface area contributed by atoms with Crippen LogP contribution in [0.15, 0.2) is 48.5 Å². The Morgan fingerprint density at radius 3 is 2.45 bits per heavy atom. The monoisotopic (exact) mass is 273 g/mol. The molecule has 0 aromatic heterocycles. The van der Waals surface area contributed by atoms with Gasteiger partial charge in [-0.2, -0.15) is 0 Å². The number of carbonyl (C=O) groups excluding carboxylic acids is 1. The van der Waals surface area contributed by atoms with E-state index in [1.807, 2.05) is 24.3 Å². The maximum Gasteiger partial charge on any atom is 0.310 e. The minimum Gasteiger partial charge on any atom is -0.469 e. The number of carbonyl (C=O) groups is 1. The molecule has 0 aliphatic carbocycles. The first-order valence-corrected chi connectivity index (χ1v) is 6.32. The normalized spacial score (nSPS) is 10.1. The highest BCUT2D eigenvalue weighted by Gasteiger charge is 2.08. The predicted octanol–water partition coefficient (Wildman–Crippen LogP) is 3.15. The summed E-state index contributed by atoms with van der Waals surface area (Å²) in [5, 5.41) is 3.15. The molecule has 0 spiro atoms. The standard InChI is InChI=1S/C16H16FNO2/c1-20-16(19)10-12-6-3-5-9-15(12)18-11-13-7-2-4-8-14(13)17/h2-9,18H,10-11H2,1H3. The van der Waals surface area contributed by atoms with Gasteiger partial charge in [0.1, 0.15) is 5.82 Å². The number of anilines is 1. The lowest BCUT2D eigenvalue weighted by molar-refractivity contribution is -0.139. The second-order valence-electron chi connectivity index (χ2n) is 4.36. The molecule has 0 saturated heterocycles. The number of methoxy groups -OCH3 is 1. The molecule has 4 heteroatoms.